The molecule has 76 valence electrons. The number of methoxy groups -OCH3 is 2. The Bertz CT molecular complexity index is 181. The fourth-order valence-corrected chi connectivity index (χ4v) is 1.91. The fourth-order valence-electron chi connectivity index (χ4n) is 1.91. The molecule has 13 heavy (non-hydrogen) atoms. The van der Waals surface area contributed by atoms with E-state index in [4.69, 9.17) is 18.9 Å². The van der Waals surface area contributed by atoms with E-state index in [1.807, 2.05) is 0 Å². The van der Waals surface area contributed by atoms with E-state index in [0.29, 0.717) is 6.61 Å². The zero-order chi connectivity index (χ0) is 9.42. The summed E-state index contributed by atoms with van der Waals surface area (Å²) < 4.78 is 20.9. The summed E-state index contributed by atoms with van der Waals surface area (Å²) in [5.74, 6) is 0. The number of hydrogen-bond donors (Lipinski definition) is 1. The van der Waals surface area contributed by atoms with Crippen molar-refractivity contribution in [2.75, 3.05) is 20.8 Å². The highest BCUT2D eigenvalue weighted by atomic mass is 16.7. The molecule has 2 aliphatic heterocycles. The zero-order valence-corrected chi connectivity index (χ0v) is 7.67. The molecule has 5 nitrogen and oxygen atoms in total. The summed E-state index contributed by atoms with van der Waals surface area (Å²) in [4.78, 5) is 0. The van der Waals surface area contributed by atoms with Gasteiger partial charge in [-0.3, -0.25) is 0 Å². The first kappa shape index (κ1) is 9.36. The molecule has 2 bridgehead atoms. The fraction of sp³-hybridized carbons (Fsp3) is 1.00. The molecule has 0 aliphatic carbocycles. The van der Waals surface area contributed by atoms with Crippen molar-refractivity contribution in [3.05, 3.63) is 0 Å². The van der Waals surface area contributed by atoms with Crippen molar-refractivity contribution in [1.82, 2.24) is 0 Å². The molecule has 0 saturated carbocycles. The molecule has 0 spiro atoms. The number of rotatable bonds is 2. The maximum absolute atomic E-state index is 9.70. The van der Waals surface area contributed by atoms with Gasteiger partial charge in [0, 0.05) is 14.2 Å². The highest BCUT2D eigenvalue weighted by Gasteiger charge is 2.50. The first-order valence-electron chi connectivity index (χ1n) is 4.28. The van der Waals surface area contributed by atoms with Gasteiger partial charge in [0.05, 0.1) is 6.61 Å². The van der Waals surface area contributed by atoms with Gasteiger partial charge in [0.2, 0.25) is 0 Å². The molecule has 0 unspecified atom stereocenters. The third-order valence-electron chi connectivity index (χ3n) is 2.58. The Hall–Kier alpha value is -0.200. The molecule has 5 heteroatoms. The van der Waals surface area contributed by atoms with Crippen LogP contribution in [0.3, 0.4) is 0 Å². The SMILES string of the molecule is CO[C@@H]1[C@@H](O)[C@@H]2OC[C@@H](O2)[C@H]1OC. The van der Waals surface area contributed by atoms with E-state index in [2.05, 4.69) is 0 Å². The van der Waals surface area contributed by atoms with Crippen LogP contribution in [0.4, 0.5) is 0 Å². The molecule has 5 atom stereocenters. The molecule has 0 aromatic carbocycles. The first-order chi connectivity index (χ1) is 6.27. The average Bonchev–Trinajstić information content (AvgIpc) is 2.57. The Balaban J connectivity index is 2.15. The molecule has 0 aromatic rings. The van der Waals surface area contributed by atoms with E-state index in [1.54, 1.807) is 14.2 Å². The second-order valence-electron chi connectivity index (χ2n) is 3.27. The lowest BCUT2D eigenvalue weighted by molar-refractivity contribution is -0.239. The van der Waals surface area contributed by atoms with Gasteiger partial charge < -0.3 is 24.1 Å². The van der Waals surface area contributed by atoms with E-state index in [9.17, 15) is 5.11 Å². The maximum Gasteiger partial charge on any atom is 0.186 e. The Kier molecular flexibility index (Phi) is 2.53. The van der Waals surface area contributed by atoms with Crippen molar-refractivity contribution in [3.8, 4) is 0 Å². The molecular weight excluding hydrogens is 176 g/mol. The van der Waals surface area contributed by atoms with Crippen LogP contribution in [0.15, 0.2) is 0 Å². The van der Waals surface area contributed by atoms with Crippen LogP contribution in [-0.2, 0) is 18.9 Å². The summed E-state index contributed by atoms with van der Waals surface area (Å²) in [6, 6.07) is 0. The lowest BCUT2D eigenvalue weighted by atomic mass is 10.0. The van der Waals surface area contributed by atoms with Gasteiger partial charge in [-0.2, -0.15) is 0 Å². The van der Waals surface area contributed by atoms with Crippen LogP contribution < -0.4 is 0 Å². The third-order valence-corrected chi connectivity index (χ3v) is 2.58. The topological polar surface area (TPSA) is 57.2 Å². The monoisotopic (exact) mass is 190 g/mol. The van der Waals surface area contributed by atoms with Crippen LogP contribution in [0.1, 0.15) is 0 Å². The summed E-state index contributed by atoms with van der Waals surface area (Å²) in [6.07, 6.45) is -2.06. The van der Waals surface area contributed by atoms with E-state index >= 15 is 0 Å². The lowest BCUT2D eigenvalue weighted by Gasteiger charge is -2.36. The van der Waals surface area contributed by atoms with Gasteiger partial charge >= 0.3 is 0 Å². The van der Waals surface area contributed by atoms with Crippen LogP contribution in [0.5, 0.6) is 0 Å². The van der Waals surface area contributed by atoms with E-state index in [-0.39, 0.29) is 18.3 Å². The van der Waals surface area contributed by atoms with Gasteiger partial charge in [-0.25, -0.2) is 0 Å². The van der Waals surface area contributed by atoms with Crippen LogP contribution in [0.25, 0.3) is 0 Å². The van der Waals surface area contributed by atoms with Crippen molar-refractivity contribution in [1.29, 1.82) is 0 Å². The van der Waals surface area contributed by atoms with Crippen molar-refractivity contribution >= 4 is 0 Å². The number of aliphatic hydroxyl groups excluding tert-OH is 1. The molecule has 1 N–H and O–H groups in total. The van der Waals surface area contributed by atoms with Crippen molar-refractivity contribution < 1.29 is 24.1 Å². The molecule has 2 saturated heterocycles. The van der Waals surface area contributed by atoms with Gasteiger partial charge in [-0.05, 0) is 0 Å². The minimum atomic E-state index is -0.770. The Morgan fingerprint density at radius 1 is 1.23 bits per heavy atom. The predicted octanol–water partition coefficient (Wildman–Crippen LogP) is -0.868. The van der Waals surface area contributed by atoms with E-state index in [1.165, 1.54) is 0 Å². The van der Waals surface area contributed by atoms with Crippen LogP contribution in [0.2, 0.25) is 0 Å². The summed E-state index contributed by atoms with van der Waals surface area (Å²) >= 11 is 0. The van der Waals surface area contributed by atoms with Crippen molar-refractivity contribution in [3.63, 3.8) is 0 Å². The Morgan fingerprint density at radius 3 is 2.54 bits per heavy atom. The summed E-state index contributed by atoms with van der Waals surface area (Å²) in [6.45, 7) is 0.458. The maximum atomic E-state index is 9.70. The molecule has 2 rings (SSSR count). The zero-order valence-electron chi connectivity index (χ0n) is 7.67. The molecule has 0 radical (unpaired) electrons. The summed E-state index contributed by atoms with van der Waals surface area (Å²) in [7, 11) is 3.12. The number of hydrogen-bond acceptors (Lipinski definition) is 5. The lowest BCUT2D eigenvalue weighted by Crippen LogP contribution is -2.55. The van der Waals surface area contributed by atoms with Gasteiger partial charge in [0.15, 0.2) is 6.29 Å². The first-order valence-corrected chi connectivity index (χ1v) is 4.28. The van der Waals surface area contributed by atoms with Gasteiger partial charge in [-0.1, -0.05) is 0 Å². The summed E-state index contributed by atoms with van der Waals surface area (Å²) in [5, 5.41) is 9.70. The number of fused-ring (bicyclic) bond motifs is 2. The largest absolute Gasteiger partial charge is 0.385 e. The smallest absolute Gasteiger partial charge is 0.186 e. The van der Waals surface area contributed by atoms with Gasteiger partial charge in [0.1, 0.15) is 24.4 Å². The van der Waals surface area contributed by atoms with Crippen LogP contribution >= 0.6 is 0 Å². The minimum Gasteiger partial charge on any atom is -0.385 e. The molecule has 2 aliphatic rings. The number of aliphatic hydroxyl groups is 1. The normalized spacial score (nSPS) is 49.6. The van der Waals surface area contributed by atoms with Gasteiger partial charge in [-0.15, -0.1) is 0 Å². The highest BCUT2D eigenvalue weighted by Crippen LogP contribution is 2.30. The highest BCUT2D eigenvalue weighted by molar-refractivity contribution is 4.94. The van der Waals surface area contributed by atoms with Gasteiger partial charge in [0.25, 0.3) is 0 Å². The van der Waals surface area contributed by atoms with E-state index in [0.717, 1.165) is 0 Å². The molecular formula is C8H14O5. The molecule has 2 heterocycles. The number of ether oxygens (including phenoxy) is 4. The quantitative estimate of drug-likeness (QED) is 0.613. The van der Waals surface area contributed by atoms with Crippen molar-refractivity contribution in [2.24, 2.45) is 0 Å². The van der Waals surface area contributed by atoms with E-state index < -0.39 is 12.4 Å². The average molecular weight is 190 g/mol. The second kappa shape index (κ2) is 3.51. The Morgan fingerprint density at radius 2 is 1.92 bits per heavy atom. The Labute approximate surface area is 76.5 Å². The van der Waals surface area contributed by atoms with Crippen LogP contribution in [0, 0.1) is 0 Å². The minimum absolute atomic E-state index is 0.122. The third kappa shape index (κ3) is 1.37. The molecule has 0 aromatic heterocycles. The molecule has 0 amide bonds. The van der Waals surface area contributed by atoms with Crippen LogP contribution in [-0.4, -0.2) is 56.6 Å². The summed E-state index contributed by atoms with van der Waals surface area (Å²) in [5.41, 5.74) is 0. The van der Waals surface area contributed by atoms with Crippen molar-refractivity contribution in [2.45, 2.75) is 30.7 Å². The molecule has 2 fully saturated rings. The second-order valence-corrected chi connectivity index (χ2v) is 3.27. The standard InChI is InChI=1S/C8H14O5/c1-10-6-4-3-12-8(13-4)5(9)7(6)11-2/h4-9H,3H2,1-2H3/t4-,5-,6-,7-,8-/m1/s1. The predicted molar refractivity (Wildman–Crippen MR) is 42.2 cm³/mol.